The van der Waals surface area contributed by atoms with Crippen LogP contribution >= 0.6 is 0 Å². The Morgan fingerprint density at radius 3 is 2.60 bits per heavy atom. The summed E-state index contributed by atoms with van der Waals surface area (Å²) in [6.07, 6.45) is 6.88. The fourth-order valence-electron chi connectivity index (χ4n) is 0.909. The van der Waals surface area contributed by atoms with E-state index in [1.54, 1.807) is 18.0 Å². The minimum atomic E-state index is -0.0463. The van der Waals surface area contributed by atoms with Gasteiger partial charge in [0.25, 0.3) is 5.91 Å². The van der Waals surface area contributed by atoms with Crippen molar-refractivity contribution < 1.29 is 4.79 Å². The van der Waals surface area contributed by atoms with Crippen LogP contribution in [0.1, 0.15) is 6.92 Å². The normalized spacial score (nSPS) is 24.5. The van der Waals surface area contributed by atoms with Gasteiger partial charge in [0.05, 0.1) is 5.57 Å². The molecule has 1 atom stereocenters. The largest absolute Gasteiger partial charge is 0.335 e. The summed E-state index contributed by atoms with van der Waals surface area (Å²) in [5.41, 5.74) is 0.481. The van der Waals surface area contributed by atoms with Gasteiger partial charge in [-0.25, -0.2) is 0 Å². The average molecular weight is 135 g/mol. The van der Waals surface area contributed by atoms with E-state index in [-0.39, 0.29) is 11.9 Å². The third-order valence-corrected chi connectivity index (χ3v) is 1.73. The lowest BCUT2D eigenvalue weighted by atomic mass is 10.2. The van der Waals surface area contributed by atoms with Gasteiger partial charge in [-0.1, -0.05) is 5.92 Å². The van der Waals surface area contributed by atoms with Crippen LogP contribution in [0.5, 0.6) is 0 Å². The second-order valence-electron chi connectivity index (χ2n) is 2.38. The molecule has 1 amide bonds. The average Bonchev–Trinajstić information content (AvgIpc) is 2.17. The second-order valence-corrected chi connectivity index (χ2v) is 2.38. The van der Waals surface area contributed by atoms with Crippen molar-refractivity contribution in [3.63, 3.8) is 0 Å². The zero-order valence-corrected chi connectivity index (χ0v) is 6.09. The summed E-state index contributed by atoms with van der Waals surface area (Å²) >= 11 is 0. The zero-order chi connectivity index (χ0) is 7.72. The summed E-state index contributed by atoms with van der Waals surface area (Å²) < 4.78 is 0. The molecule has 52 valence electrons. The first kappa shape index (κ1) is 6.88. The Bertz CT molecular complexity index is 234. The van der Waals surface area contributed by atoms with E-state index in [2.05, 4.69) is 5.92 Å². The highest BCUT2D eigenvalue weighted by Gasteiger charge is 2.24. The monoisotopic (exact) mass is 135 g/mol. The molecule has 0 aromatic rings. The van der Waals surface area contributed by atoms with Crippen molar-refractivity contribution in [1.29, 1.82) is 0 Å². The van der Waals surface area contributed by atoms with Crippen molar-refractivity contribution in [3.8, 4) is 12.3 Å². The number of rotatable bonds is 0. The Hall–Kier alpha value is -1.23. The predicted octanol–water partition coefficient (Wildman–Crippen LogP) is 0.407. The number of carbonyl (C=O) groups excluding carboxylic acids is 1. The molecule has 2 heteroatoms. The van der Waals surface area contributed by atoms with Crippen LogP contribution in [0.25, 0.3) is 0 Å². The van der Waals surface area contributed by atoms with Crippen molar-refractivity contribution >= 4 is 5.91 Å². The highest BCUT2D eigenvalue weighted by atomic mass is 16.2. The topological polar surface area (TPSA) is 20.3 Å². The first-order valence-corrected chi connectivity index (χ1v) is 3.12. The Morgan fingerprint density at radius 1 is 1.80 bits per heavy atom. The summed E-state index contributed by atoms with van der Waals surface area (Å²) in [7, 11) is 1.74. The van der Waals surface area contributed by atoms with Gasteiger partial charge in [0.15, 0.2) is 0 Å². The van der Waals surface area contributed by atoms with Crippen LogP contribution in [-0.2, 0) is 4.79 Å². The number of amides is 1. The van der Waals surface area contributed by atoms with Crippen LogP contribution in [0.3, 0.4) is 0 Å². The molecule has 0 aliphatic carbocycles. The highest BCUT2D eigenvalue weighted by Crippen LogP contribution is 2.13. The van der Waals surface area contributed by atoms with Crippen molar-refractivity contribution in [3.05, 3.63) is 11.6 Å². The van der Waals surface area contributed by atoms with Gasteiger partial charge in [-0.05, 0) is 13.0 Å². The molecule has 0 saturated heterocycles. The van der Waals surface area contributed by atoms with Gasteiger partial charge in [0.2, 0.25) is 0 Å². The maximum absolute atomic E-state index is 11.1. The van der Waals surface area contributed by atoms with Crippen LogP contribution in [0, 0.1) is 12.3 Å². The van der Waals surface area contributed by atoms with Crippen molar-refractivity contribution in [2.75, 3.05) is 7.05 Å². The molecule has 0 radical (unpaired) electrons. The number of terminal acetylenes is 1. The number of carbonyl (C=O) groups is 1. The Morgan fingerprint density at radius 2 is 2.40 bits per heavy atom. The van der Waals surface area contributed by atoms with Gasteiger partial charge in [0.1, 0.15) is 0 Å². The molecule has 0 aromatic carbocycles. The standard InChI is InChI=1S/C8H9NO/c1-4-7-5-6(2)9(3)8(7)10/h1,5-6H,2-3H3/t6-/m1/s1. The first-order chi connectivity index (χ1) is 4.66. The summed E-state index contributed by atoms with van der Waals surface area (Å²) in [4.78, 5) is 12.7. The van der Waals surface area contributed by atoms with Gasteiger partial charge in [-0.2, -0.15) is 0 Å². The van der Waals surface area contributed by atoms with Gasteiger partial charge >= 0.3 is 0 Å². The molecular weight excluding hydrogens is 126 g/mol. The fourth-order valence-corrected chi connectivity index (χ4v) is 0.909. The molecular formula is C8H9NO. The molecule has 1 rings (SSSR count). The van der Waals surface area contributed by atoms with E-state index in [1.165, 1.54) is 0 Å². The van der Waals surface area contributed by atoms with Crippen molar-refractivity contribution in [2.24, 2.45) is 0 Å². The quantitative estimate of drug-likeness (QED) is 0.440. The van der Waals surface area contributed by atoms with Crippen LogP contribution in [-0.4, -0.2) is 23.9 Å². The number of hydrogen-bond acceptors (Lipinski definition) is 1. The van der Waals surface area contributed by atoms with E-state index in [4.69, 9.17) is 6.42 Å². The molecule has 0 N–H and O–H groups in total. The van der Waals surface area contributed by atoms with Gasteiger partial charge in [0, 0.05) is 13.1 Å². The van der Waals surface area contributed by atoms with E-state index < -0.39 is 0 Å². The van der Waals surface area contributed by atoms with Gasteiger partial charge < -0.3 is 4.90 Å². The van der Waals surface area contributed by atoms with Crippen molar-refractivity contribution in [1.82, 2.24) is 4.90 Å². The van der Waals surface area contributed by atoms with Gasteiger partial charge in [-0.15, -0.1) is 6.42 Å². The Labute approximate surface area is 60.5 Å². The molecule has 0 saturated carbocycles. The molecule has 2 nitrogen and oxygen atoms in total. The number of nitrogens with zero attached hydrogens (tertiary/aromatic N) is 1. The number of hydrogen-bond donors (Lipinski definition) is 0. The summed E-state index contributed by atoms with van der Waals surface area (Å²) in [5.74, 6) is 2.30. The first-order valence-electron chi connectivity index (χ1n) is 3.12. The van der Waals surface area contributed by atoms with E-state index >= 15 is 0 Å². The second kappa shape index (κ2) is 2.18. The Kier molecular flexibility index (Phi) is 1.50. The van der Waals surface area contributed by atoms with Gasteiger partial charge in [-0.3, -0.25) is 4.79 Å². The lowest BCUT2D eigenvalue weighted by Crippen LogP contribution is -2.27. The molecule has 1 aliphatic heterocycles. The van der Waals surface area contributed by atoms with E-state index in [9.17, 15) is 4.79 Å². The highest BCUT2D eigenvalue weighted by molar-refractivity contribution is 6.00. The van der Waals surface area contributed by atoms with Crippen LogP contribution in [0.4, 0.5) is 0 Å². The van der Waals surface area contributed by atoms with Crippen LogP contribution in [0.15, 0.2) is 11.6 Å². The summed E-state index contributed by atoms with van der Waals surface area (Å²) in [6, 6.07) is 0.151. The third-order valence-electron chi connectivity index (χ3n) is 1.73. The lowest BCUT2D eigenvalue weighted by Gasteiger charge is -2.13. The summed E-state index contributed by atoms with van der Waals surface area (Å²) in [5, 5.41) is 0. The molecule has 0 spiro atoms. The summed E-state index contributed by atoms with van der Waals surface area (Å²) in [6.45, 7) is 1.93. The molecule has 1 aliphatic rings. The zero-order valence-electron chi connectivity index (χ0n) is 6.09. The maximum atomic E-state index is 11.1. The van der Waals surface area contributed by atoms with Crippen LogP contribution < -0.4 is 0 Å². The molecule has 0 fully saturated rings. The smallest absolute Gasteiger partial charge is 0.262 e. The van der Waals surface area contributed by atoms with Crippen molar-refractivity contribution in [2.45, 2.75) is 13.0 Å². The SMILES string of the molecule is C#CC1=C[C@@H](C)N(C)C1=O. The fraction of sp³-hybridized carbons (Fsp3) is 0.375. The maximum Gasteiger partial charge on any atom is 0.262 e. The molecule has 10 heavy (non-hydrogen) atoms. The van der Waals surface area contributed by atoms with E-state index in [1.807, 2.05) is 6.92 Å². The minimum absolute atomic E-state index is 0.0463. The Balaban J connectivity index is 2.91. The predicted molar refractivity (Wildman–Crippen MR) is 39.1 cm³/mol. The molecule has 0 aromatic heterocycles. The van der Waals surface area contributed by atoms with E-state index in [0.717, 1.165) is 0 Å². The lowest BCUT2D eigenvalue weighted by molar-refractivity contribution is -0.125. The van der Waals surface area contributed by atoms with Crippen LogP contribution in [0.2, 0.25) is 0 Å². The minimum Gasteiger partial charge on any atom is -0.335 e. The molecule has 0 bridgehead atoms. The van der Waals surface area contributed by atoms with E-state index in [0.29, 0.717) is 5.57 Å². The number of likely N-dealkylation sites (N-methyl/N-ethyl adjacent to an activating group) is 1. The third kappa shape index (κ3) is 0.801. The molecule has 1 heterocycles. The molecule has 0 unspecified atom stereocenters.